The summed E-state index contributed by atoms with van der Waals surface area (Å²) in [5.41, 5.74) is 1.27. The lowest BCUT2D eigenvalue weighted by Crippen LogP contribution is -2.23. The number of sulfonamides is 1. The SMILES string of the molecule is COc1ccc(NS(=O)(=O)c2cccc(C(=O)NCc3cc(C)no3)c2)cc1Br. The van der Waals surface area contributed by atoms with E-state index >= 15 is 0 Å². The zero-order valence-corrected chi connectivity index (χ0v) is 18.0. The summed E-state index contributed by atoms with van der Waals surface area (Å²) >= 11 is 3.31. The smallest absolute Gasteiger partial charge is 0.261 e. The van der Waals surface area contributed by atoms with Crippen molar-refractivity contribution in [2.24, 2.45) is 0 Å². The summed E-state index contributed by atoms with van der Waals surface area (Å²) < 4.78 is 38.7. The van der Waals surface area contributed by atoms with E-state index in [1.165, 1.54) is 31.4 Å². The maximum absolute atomic E-state index is 12.7. The highest BCUT2D eigenvalue weighted by Gasteiger charge is 2.17. The molecular weight excluding hydrogens is 462 g/mol. The van der Waals surface area contributed by atoms with Gasteiger partial charge >= 0.3 is 0 Å². The molecule has 0 aliphatic carbocycles. The number of aromatic nitrogens is 1. The van der Waals surface area contributed by atoms with Gasteiger partial charge < -0.3 is 14.6 Å². The fraction of sp³-hybridized carbons (Fsp3) is 0.158. The highest BCUT2D eigenvalue weighted by Crippen LogP contribution is 2.29. The van der Waals surface area contributed by atoms with Gasteiger partial charge in [-0.2, -0.15) is 0 Å². The molecule has 0 saturated heterocycles. The Bertz CT molecular complexity index is 1140. The molecular formula is C19H18BrN3O5S. The molecule has 8 nitrogen and oxygen atoms in total. The number of benzene rings is 2. The van der Waals surface area contributed by atoms with Gasteiger partial charge in [0, 0.05) is 11.6 Å². The minimum Gasteiger partial charge on any atom is -0.496 e. The fourth-order valence-electron chi connectivity index (χ4n) is 2.52. The lowest BCUT2D eigenvalue weighted by molar-refractivity contribution is 0.0947. The van der Waals surface area contributed by atoms with Crippen molar-refractivity contribution < 1.29 is 22.5 Å². The van der Waals surface area contributed by atoms with Gasteiger partial charge in [-0.3, -0.25) is 9.52 Å². The van der Waals surface area contributed by atoms with Gasteiger partial charge in [0.1, 0.15) is 5.75 Å². The highest BCUT2D eigenvalue weighted by molar-refractivity contribution is 9.10. The number of hydrogen-bond donors (Lipinski definition) is 2. The van der Waals surface area contributed by atoms with Crippen molar-refractivity contribution in [3.63, 3.8) is 0 Å². The maximum Gasteiger partial charge on any atom is 0.261 e. The van der Waals surface area contributed by atoms with Crippen molar-refractivity contribution in [2.75, 3.05) is 11.8 Å². The summed E-state index contributed by atoms with van der Waals surface area (Å²) in [7, 11) is -2.37. The summed E-state index contributed by atoms with van der Waals surface area (Å²) in [6.45, 7) is 1.92. The molecule has 0 unspecified atom stereocenters. The van der Waals surface area contributed by atoms with E-state index in [2.05, 4.69) is 31.1 Å². The Balaban J connectivity index is 1.74. The molecule has 2 aromatic carbocycles. The Morgan fingerprint density at radius 2 is 2.00 bits per heavy atom. The second kappa shape index (κ2) is 8.66. The van der Waals surface area contributed by atoms with Crippen molar-refractivity contribution in [1.29, 1.82) is 0 Å². The number of anilines is 1. The largest absolute Gasteiger partial charge is 0.496 e. The molecule has 1 heterocycles. The molecule has 1 aromatic heterocycles. The van der Waals surface area contributed by atoms with Gasteiger partial charge in [-0.15, -0.1) is 0 Å². The molecule has 0 saturated carbocycles. The summed E-state index contributed by atoms with van der Waals surface area (Å²) in [4.78, 5) is 12.3. The Hall–Kier alpha value is -2.85. The molecule has 3 rings (SSSR count). The molecule has 3 aromatic rings. The molecule has 0 atom stereocenters. The van der Waals surface area contributed by atoms with Crippen LogP contribution >= 0.6 is 15.9 Å². The van der Waals surface area contributed by atoms with Crippen LogP contribution in [-0.2, 0) is 16.6 Å². The number of nitrogens with zero attached hydrogens (tertiary/aromatic N) is 1. The van der Waals surface area contributed by atoms with Crippen LogP contribution in [0.1, 0.15) is 21.8 Å². The van der Waals surface area contributed by atoms with E-state index in [1.807, 2.05) is 0 Å². The number of hydrogen-bond acceptors (Lipinski definition) is 6. The molecule has 10 heteroatoms. The van der Waals surface area contributed by atoms with Gasteiger partial charge in [0.25, 0.3) is 15.9 Å². The molecule has 0 fully saturated rings. The first-order valence-corrected chi connectivity index (χ1v) is 10.7. The second-order valence-electron chi connectivity index (χ2n) is 6.10. The molecule has 0 aliphatic rings. The predicted octanol–water partition coefficient (Wildman–Crippen LogP) is 3.48. The van der Waals surface area contributed by atoms with Crippen molar-refractivity contribution in [2.45, 2.75) is 18.4 Å². The third-order valence-corrected chi connectivity index (χ3v) is 5.91. The average molecular weight is 480 g/mol. The molecule has 0 spiro atoms. The lowest BCUT2D eigenvalue weighted by atomic mass is 10.2. The predicted molar refractivity (Wildman–Crippen MR) is 110 cm³/mol. The van der Waals surface area contributed by atoms with Gasteiger partial charge in [0.15, 0.2) is 5.76 Å². The summed E-state index contributed by atoms with van der Waals surface area (Å²) in [5.74, 6) is 0.656. The number of ether oxygens (including phenoxy) is 1. The zero-order valence-electron chi connectivity index (χ0n) is 15.6. The van der Waals surface area contributed by atoms with Crippen LogP contribution in [0.5, 0.6) is 5.75 Å². The van der Waals surface area contributed by atoms with Crippen LogP contribution in [0.25, 0.3) is 0 Å². The third kappa shape index (κ3) is 5.15. The Morgan fingerprint density at radius 1 is 1.21 bits per heavy atom. The molecule has 152 valence electrons. The molecule has 1 amide bonds. The number of nitrogens with one attached hydrogen (secondary N) is 2. The van der Waals surface area contributed by atoms with Gasteiger partial charge in [0.2, 0.25) is 0 Å². The normalized spacial score (nSPS) is 11.1. The first kappa shape index (κ1) is 20.9. The van der Waals surface area contributed by atoms with Crippen LogP contribution in [0, 0.1) is 6.92 Å². The summed E-state index contributed by atoms with van der Waals surface area (Å²) in [6.07, 6.45) is 0. The van der Waals surface area contributed by atoms with E-state index in [1.54, 1.807) is 31.2 Å². The van der Waals surface area contributed by atoms with Crippen LogP contribution < -0.4 is 14.8 Å². The third-order valence-electron chi connectivity index (χ3n) is 3.91. The molecule has 0 aliphatic heterocycles. The lowest BCUT2D eigenvalue weighted by Gasteiger charge is -2.11. The Labute approximate surface area is 176 Å². The number of rotatable bonds is 7. The number of halogens is 1. The topological polar surface area (TPSA) is 111 Å². The van der Waals surface area contributed by atoms with Crippen LogP contribution in [-0.4, -0.2) is 26.6 Å². The van der Waals surface area contributed by atoms with Crippen LogP contribution in [0.3, 0.4) is 0 Å². The summed E-state index contributed by atoms with van der Waals surface area (Å²) in [5, 5.41) is 6.41. The molecule has 0 bridgehead atoms. The van der Waals surface area contributed by atoms with E-state index in [-0.39, 0.29) is 17.0 Å². The van der Waals surface area contributed by atoms with Crippen molar-refractivity contribution in [3.05, 3.63) is 70.0 Å². The number of carbonyl (C=O) groups excluding carboxylic acids is 1. The highest BCUT2D eigenvalue weighted by atomic mass is 79.9. The first-order valence-electron chi connectivity index (χ1n) is 8.45. The van der Waals surface area contributed by atoms with E-state index < -0.39 is 15.9 Å². The number of amides is 1. The maximum atomic E-state index is 12.7. The summed E-state index contributed by atoms with van der Waals surface area (Å²) in [6, 6.07) is 12.3. The van der Waals surface area contributed by atoms with Gasteiger partial charge in [-0.05, 0) is 59.3 Å². The van der Waals surface area contributed by atoms with E-state index in [0.717, 1.165) is 0 Å². The Morgan fingerprint density at radius 3 is 2.66 bits per heavy atom. The average Bonchev–Trinajstić information content (AvgIpc) is 3.11. The minimum atomic E-state index is -3.89. The number of carbonyl (C=O) groups is 1. The van der Waals surface area contributed by atoms with Crippen LogP contribution in [0.4, 0.5) is 5.69 Å². The molecule has 29 heavy (non-hydrogen) atoms. The van der Waals surface area contributed by atoms with Crippen molar-refractivity contribution >= 4 is 37.5 Å². The van der Waals surface area contributed by atoms with Crippen molar-refractivity contribution in [3.8, 4) is 5.75 Å². The number of methoxy groups -OCH3 is 1. The standard InChI is InChI=1S/C19H18BrN3O5S/c1-12-8-15(28-22-12)11-21-19(24)13-4-3-5-16(9-13)29(25,26)23-14-6-7-18(27-2)17(20)10-14/h3-10,23H,11H2,1-2H3,(H,21,24). The van der Waals surface area contributed by atoms with E-state index in [9.17, 15) is 13.2 Å². The van der Waals surface area contributed by atoms with Crippen LogP contribution in [0.15, 0.2) is 62.4 Å². The van der Waals surface area contributed by atoms with Gasteiger partial charge in [-0.25, -0.2) is 8.42 Å². The van der Waals surface area contributed by atoms with E-state index in [0.29, 0.717) is 27.4 Å². The minimum absolute atomic E-state index is 0.0346. The monoisotopic (exact) mass is 479 g/mol. The molecule has 0 radical (unpaired) electrons. The molecule has 2 N–H and O–H groups in total. The zero-order chi connectivity index (χ0) is 21.0. The number of aryl methyl sites for hydroxylation is 1. The second-order valence-corrected chi connectivity index (χ2v) is 8.64. The first-order chi connectivity index (χ1) is 13.8. The van der Waals surface area contributed by atoms with Crippen molar-refractivity contribution in [1.82, 2.24) is 10.5 Å². The van der Waals surface area contributed by atoms with Gasteiger partial charge in [-0.1, -0.05) is 11.2 Å². The fourth-order valence-corrected chi connectivity index (χ4v) is 4.15. The van der Waals surface area contributed by atoms with Gasteiger partial charge in [0.05, 0.1) is 34.4 Å². The quantitative estimate of drug-likeness (QED) is 0.536. The van der Waals surface area contributed by atoms with Crippen LogP contribution in [0.2, 0.25) is 0 Å². The Kier molecular flexibility index (Phi) is 6.23. The van der Waals surface area contributed by atoms with E-state index in [4.69, 9.17) is 9.26 Å².